The monoisotopic (exact) mass is 202 g/mol. The third-order valence-electron chi connectivity index (χ3n) is 2.52. The van der Waals surface area contributed by atoms with Crippen LogP contribution >= 0.6 is 24.4 Å². The fraction of sp³-hybridized carbons (Fsp3) is 0.800. The summed E-state index contributed by atoms with van der Waals surface area (Å²) in [6.45, 7) is 6.94. The largest absolute Gasteiger partial charge is 0.152 e. The first-order valence-electron chi connectivity index (χ1n) is 4.57. The molecule has 2 atom stereocenters. The molecule has 0 unspecified atom stereocenters. The molecule has 1 aliphatic rings. The normalized spacial score (nSPS) is 36.9. The molecule has 0 N–H and O–H groups in total. The fourth-order valence-electron chi connectivity index (χ4n) is 1.64. The van der Waals surface area contributed by atoms with E-state index in [1.165, 1.54) is 12.8 Å². The summed E-state index contributed by atoms with van der Waals surface area (Å²) >= 11 is 6.25. The van der Waals surface area contributed by atoms with Crippen LogP contribution in [0, 0.1) is 5.92 Å². The van der Waals surface area contributed by atoms with Crippen molar-refractivity contribution in [1.82, 2.24) is 0 Å². The van der Waals surface area contributed by atoms with Crippen LogP contribution in [0.25, 0.3) is 0 Å². The predicted molar refractivity (Wildman–Crippen MR) is 62.0 cm³/mol. The van der Waals surface area contributed by atoms with Crippen molar-refractivity contribution in [2.75, 3.05) is 0 Å². The van der Waals surface area contributed by atoms with E-state index in [0.29, 0.717) is 4.75 Å². The highest BCUT2D eigenvalue weighted by Gasteiger charge is 2.34. The van der Waals surface area contributed by atoms with Gasteiger partial charge in [0, 0.05) is 10.00 Å². The highest BCUT2D eigenvalue weighted by Crippen LogP contribution is 2.46. The first-order valence-corrected chi connectivity index (χ1v) is 5.97. The first-order chi connectivity index (χ1) is 5.57. The number of hydrogen-bond donors (Lipinski definition) is 1. The van der Waals surface area contributed by atoms with Crippen LogP contribution in [0.3, 0.4) is 0 Å². The summed E-state index contributed by atoms with van der Waals surface area (Å²) in [5.74, 6) is 0.810. The number of rotatable bonds is 2. The van der Waals surface area contributed by atoms with E-state index in [1.54, 1.807) is 0 Å². The van der Waals surface area contributed by atoms with E-state index in [9.17, 15) is 0 Å². The van der Waals surface area contributed by atoms with Gasteiger partial charge in [0.15, 0.2) is 0 Å². The highest BCUT2D eigenvalue weighted by molar-refractivity contribution is 8.01. The van der Waals surface area contributed by atoms with Gasteiger partial charge in [0.05, 0.1) is 0 Å². The lowest BCUT2D eigenvalue weighted by molar-refractivity contribution is 0.569. The zero-order valence-electron chi connectivity index (χ0n) is 8.08. The molecule has 1 aliphatic heterocycles. The molecule has 0 aliphatic carbocycles. The summed E-state index contributed by atoms with van der Waals surface area (Å²) in [6, 6.07) is 0. The van der Waals surface area contributed by atoms with Crippen molar-refractivity contribution in [3.05, 3.63) is 11.5 Å². The Kier molecular flexibility index (Phi) is 3.59. The van der Waals surface area contributed by atoms with Crippen molar-refractivity contribution >= 4 is 24.4 Å². The minimum absolute atomic E-state index is 0.358. The van der Waals surface area contributed by atoms with E-state index in [1.807, 2.05) is 5.41 Å². The molecule has 0 spiro atoms. The molecule has 1 saturated heterocycles. The zero-order valence-corrected chi connectivity index (χ0v) is 9.79. The minimum atomic E-state index is 0.358. The molecule has 12 heavy (non-hydrogen) atoms. The summed E-state index contributed by atoms with van der Waals surface area (Å²) in [5, 5.41) is 2.73. The van der Waals surface area contributed by atoms with Crippen molar-refractivity contribution in [3.8, 4) is 0 Å². The van der Waals surface area contributed by atoms with E-state index in [4.69, 9.17) is 0 Å². The molecular formula is C10H18S2. The maximum absolute atomic E-state index is 4.14. The van der Waals surface area contributed by atoms with Crippen LogP contribution in [0.1, 0.15) is 33.6 Å². The maximum Gasteiger partial charge on any atom is 0.0321 e. The van der Waals surface area contributed by atoms with Gasteiger partial charge in [-0.15, -0.1) is 11.8 Å². The topological polar surface area (TPSA) is 0 Å². The van der Waals surface area contributed by atoms with Gasteiger partial charge in [0.1, 0.15) is 0 Å². The summed E-state index contributed by atoms with van der Waals surface area (Å²) in [4.78, 5) is 0. The van der Waals surface area contributed by atoms with Crippen molar-refractivity contribution in [3.63, 3.8) is 0 Å². The van der Waals surface area contributed by atoms with Gasteiger partial charge in [0.2, 0.25) is 0 Å². The predicted octanol–water partition coefficient (Wildman–Crippen LogP) is 3.74. The van der Waals surface area contributed by atoms with E-state index >= 15 is 0 Å². The Hall–Kier alpha value is 0.440. The molecule has 1 rings (SSSR count). The molecule has 0 aromatic rings. The molecule has 0 aromatic heterocycles. The van der Waals surface area contributed by atoms with Crippen molar-refractivity contribution < 1.29 is 0 Å². The van der Waals surface area contributed by atoms with E-state index in [2.05, 4.69) is 51.2 Å². The van der Waals surface area contributed by atoms with Crippen LogP contribution < -0.4 is 0 Å². The first kappa shape index (κ1) is 10.5. The molecule has 0 saturated carbocycles. The lowest BCUT2D eigenvalue weighted by atomic mass is 10.00. The summed E-state index contributed by atoms with van der Waals surface area (Å²) in [5.41, 5.74) is 0. The van der Waals surface area contributed by atoms with Gasteiger partial charge in [-0.1, -0.05) is 19.9 Å². The van der Waals surface area contributed by atoms with Crippen LogP contribution in [0.2, 0.25) is 0 Å². The SMILES string of the molecule is CC(C)[C@@H]1CC[C@@](C)(/C=C\S)S1. The Morgan fingerprint density at radius 3 is 2.67 bits per heavy atom. The number of thioether (sulfide) groups is 1. The highest BCUT2D eigenvalue weighted by atomic mass is 32.2. The van der Waals surface area contributed by atoms with Gasteiger partial charge in [-0.2, -0.15) is 12.6 Å². The Balaban J connectivity index is 2.54. The lowest BCUT2D eigenvalue weighted by Gasteiger charge is -2.20. The minimum Gasteiger partial charge on any atom is -0.152 e. The van der Waals surface area contributed by atoms with Crippen molar-refractivity contribution in [2.45, 2.75) is 43.6 Å². The molecule has 0 amide bonds. The second-order valence-electron chi connectivity index (χ2n) is 4.07. The summed E-state index contributed by atoms with van der Waals surface area (Å²) < 4.78 is 0.358. The smallest absolute Gasteiger partial charge is 0.0321 e. The molecule has 70 valence electrons. The van der Waals surface area contributed by atoms with Crippen LogP contribution in [0.5, 0.6) is 0 Å². The number of hydrogen-bond acceptors (Lipinski definition) is 2. The molecule has 0 bridgehead atoms. The number of thiol groups is 1. The Morgan fingerprint density at radius 1 is 1.58 bits per heavy atom. The summed E-state index contributed by atoms with van der Waals surface area (Å²) in [6.07, 6.45) is 4.89. The van der Waals surface area contributed by atoms with E-state index in [-0.39, 0.29) is 0 Å². The van der Waals surface area contributed by atoms with E-state index < -0.39 is 0 Å². The van der Waals surface area contributed by atoms with Gasteiger partial charge in [0.25, 0.3) is 0 Å². The van der Waals surface area contributed by atoms with Gasteiger partial charge in [-0.3, -0.25) is 0 Å². The van der Waals surface area contributed by atoms with Crippen molar-refractivity contribution in [1.29, 1.82) is 0 Å². The van der Waals surface area contributed by atoms with Crippen LogP contribution in [0.15, 0.2) is 11.5 Å². The Labute approximate surface area is 85.6 Å². The van der Waals surface area contributed by atoms with Gasteiger partial charge < -0.3 is 0 Å². The quantitative estimate of drug-likeness (QED) is 0.666. The molecule has 0 aromatic carbocycles. The molecule has 0 radical (unpaired) electrons. The Morgan fingerprint density at radius 2 is 2.25 bits per heavy atom. The Bertz CT molecular complexity index is 175. The average Bonchev–Trinajstić information content (AvgIpc) is 2.33. The zero-order chi connectivity index (χ0) is 9.19. The second kappa shape index (κ2) is 4.10. The molecule has 0 nitrogen and oxygen atoms in total. The van der Waals surface area contributed by atoms with Crippen LogP contribution in [-0.2, 0) is 0 Å². The summed E-state index contributed by atoms with van der Waals surface area (Å²) in [7, 11) is 0. The van der Waals surface area contributed by atoms with E-state index in [0.717, 1.165) is 11.2 Å². The second-order valence-corrected chi connectivity index (χ2v) is 6.14. The fourth-order valence-corrected chi connectivity index (χ4v) is 3.65. The third kappa shape index (κ3) is 2.46. The molecule has 1 fully saturated rings. The average molecular weight is 202 g/mol. The molecule has 1 heterocycles. The van der Waals surface area contributed by atoms with Gasteiger partial charge >= 0.3 is 0 Å². The van der Waals surface area contributed by atoms with Gasteiger partial charge in [-0.25, -0.2) is 0 Å². The molecular weight excluding hydrogens is 184 g/mol. The van der Waals surface area contributed by atoms with Crippen molar-refractivity contribution in [2.24, 2.45) is 5.92 Å². The molecule has 2 heteroatoms. The maximum atomic E-state index is 4.14. The van der Waals surface area contributed by atoms with Gasteiger partial charge in [-0.05, 0) is 31.1 Å². The van der Waals surface area contributed by atoms with Crippen LogP contribution in [0.4, 0.5) is 0 Å². The standard InChI is InChI=1S/C10H18S2/c1-8(2)9-4-5-10(3,12-9)6-7-11/h6-9,11H,4-5H2,1-3H3/b7-6-/t9-,10-/m0/s1. The van der Waals surface area contributed by atoms with Crippen LogP contribution in [-0.4, -0.2) is 10.00 Å². The lowest BCUT2D eigenvalue weighted by Crippen LogP contribution is -2.12. The third-order valence-corrected chi connectivity index (χ3v) is 4.63.